The first-order valence-electron chi connectivity index (χ1n) is 6.54. The third-order valence-corrected chi connectivity index (χ3v) is 4.41. The summed E-state index contributed by atoms with van der Waals surface area (Å²) >= 11 is 1.33. The first-order valence-corrected chi connectivity index (χ1v) is 7.35. The molecule has 19 heavy (non-hydrogen) atoms. The normalized spacial score (nSPS) is 23.6. The summed E-state index contributed by atoms with van der Waals surface area (Å²) in [6, 6.07) is -0.269. The van der Waals surface area contributed by atoms with E-state index in [2.05, 4.69) is 10.3 Å². The number of nitrogens with zero attached hydrogens (tertiary/aromatic N) is 1. The number of amides is 1. The molecule has 0 unspecified atom stereocenters. The average molecular weight is 282 g/mol. The van der Waals surface area contributed by atoms with Gasteiger partial charge in [0.1, 0.15) is 4.88 Å². The molecule has 0 spiro atoms. The fraction of sp³-hybridized carbons (Fsp3) is 0.615. The fourth-order valence-corrected chi connectivity index (χ4v) is 3.16. The molecular formula is C13H18N2O3S. The van der Waals surface area contributed by atoms with Gasteiger partial charge < -0.3 is 10.4 Å². The van der Waals surface area contributed by atoms with Crippen molar-refractivity contribution in [3.8, 4) is 0 Å². The number of carboxylic acid groups (broad SMARTS) is 1. The minimum atomic E-state index is -0.812. The lowest BCUT2D eigenvalue weighted by atomic mass is 9.95. The Bertz CT molecular complexity index is 472. The summed E-state index contributed by atoms with van der Waals surface area (Å²) < 4.78 is 0. The van der Waals surface area contributed by atoms with E-state index in [-0.39, 0.29) is 11.9 Å². The third-order valence-electron chi connectivity index (χ3n) is 3.49. The van der Waals surface area contributed by atoms with Gasteiger partial charge in [0, 0.05) is 6.04 Å². The number of aliphatic carboxylic acids is 1. The first-order chi connectivity index (χ1) is 9.08. The van der Waals surface area contributed by atoms with E-state index in [4.69, 9.17) is 0 Å². The van der Waals surface area contributed by atoms with Gasteiger partial charge in [0.05, 0.1) is 17.1 Å². The number of thiazole rings is 1. The Morgan fingerprint density at radius 1 is 1.37 bits per heavy atom. The standard InChI is InChI=1S/C13H18N2O3S/c1-8-14-7-11(19-8)12(16)15-10-6-4-2-3-5-9(10)13(17)18/h7,9-10H,2-6H2,1H3,(H,15,16)(H,17,18)/t9-,10+/m1/s1. The molecule has 0 aromatic carbocycles. The van der Waals surface area contributed by atoms with Crippen molar-refractivity contribution in [1.82, 2.24) is 10.3 Å². The lowest BCUT2D eigenvalue weighted by Gasteiger charge is -2.22. The molecule has 1 aromatic rings. The van der Waals surface area contributed by atoms with Crippen LogP contribution < -0.4 is 5.32 Å². The highest BCUT2D eigenvalue weighted by molar-refractivity contribution is 7.13. The van der Waals surface area contributed by atoms with Gasteiger partial charge in [-0.2, -0.15) is 0 Å². The number of nitrogens with one attached hydrogen (secondary N) is 1. The molecule has 5 nitrogen and oxygen atoms in total. The van der Waals surface area contributed by atoms with Crippen LogP contribution in [0.2, 0.25) is 0 Å². The van der Waals surface area contributed by atoms with E-state index in [1.54, 1.807) is 6.20 Å². The van der Waals surface area contributed by atoms with Gasteiger partial charge in [-0.15, -0.1) is 11.3 Å². The number of carboxylic acids is 1. The minimum absolute atomic E-state index is 0.205. The highest BCUT2D eigenvalue weighted by Crippen LogP contribution is 2.24. The highest BCUT2D eigenvalue weighted by Gasteiger charge is 2.31. The van der Waals surface area contributed by atoms with E-state index in [1.807, 2.05) is 6.92 Å². The number of aromatic nitrogens is 1. The Balaban J connectivity index is 2.06. The van der Waals surface area contributed by atoms with Crippen molar-refractivity contribution in [2.75, 3.05) is 0 Å². The lowest BCUT2D eigenvalue weighted by Crippen LogP contribution is -2.42. The van der Waals surface area contributed by atoms with Crippen molar-refractivity contribution < 1.29 is 14.7 Å². The van der Waals surface area contributed by atoms with Gasteiger partial charge in [0.15, 0.2) is 0 Å². The maximum absolute atomic E-state index is 12.1. The van der Waals surface area contributed by atoms with Gasteiger partial charge in [-0.3, -0.25) is 9.59 Å². The molecule has 1 amide bonds. The molecule has 2 rings (SSSR count). The van der Waals surface area contributed by atoms with Crippen LogP contribution in [0.5, 0.6) is 0 Å². The lowest BCUT2D eigenvalue weighted by molar-refractivity contribution is -0.142. The molecule has 1 fully saturated rings. The zero-order valence-corrected chi connectivity index (χ0v) is 11.7. The van der Waals surface area contributed by atoms with Crippen LogP contribution in [0.15, 0.2) is 6.20 Å². The number of rotatable bonds is 3. The van der Waals surface area contributed by atoms with Gasteiger partial charge >= 0.3 is 5.97 Å². The number of hydrogen-bond acceptors (Lipinski definition) is 4. The SMILES string of the molecule is Cc1ncc(C(=O)N[C@H]2CCCCC[C@H]2C(=O)O)s1. The van der Waals surface area contributed by atoms with Crippen LogP contribution in [-0.2, 0) is 4.79 Å². The molecule has 0 bridgehead atoms. The summed E-state index contributed by atoms with van der Waals surface area (Å²) in [6.45, 7) is 1.84. The van der Waals surface area contributed by atoms with Gasteiger partial charge in [-0.05, 0) is 19.8 Å². The van der Waals surface area contributed by atoms with Crippen LogP contribution in [0, 0.1) is 12.8 Å². The number of carbonyl (C=O) groups excluding carboxylic acids is 1. The molecule has 2 atom stereocenters. The second-order valence-electron chi connectivity index (χ2n) is 4.91. The topological polar surface area (TPSA) is 79.3 Å². The van der Waals surface area contributed by atoms with E-state index >= 15 is 0 Å². The van der Waals surface area contributed by atoms with Gasteiger partial charge in [-0.1, -0.05) is 19.3 Å². The molecule has 1 aliphatic carbocycles. The predicted molar refractivity (Wildman–Crippen MR) is 72.3 cm³/mol. The largest absolute Gasteiger partial charge is 0.481 e. The van der Waals surface area contributed by atoms with Crippen LogP contribution >= 0.6 is 11.3 Å². The van der Waals surface area contributed by atoms with E-state index in [0.717, 1.165) is 30.7 Å². The summed E-state index contributed by atoms with van der Waals surface area (Å²) in [5.74, 6) is -1.49. The van der Waals surface area contributed by atoms with E-state index in [1.165, 1.54) is 11.3 Å². The Morgan fingerprint density at radius 3 is 2.74 bits per heavy atom. The summed E-state index contributed by atoms with van der Waals surface area (Å²) in [5.41, 5.74) is 0. The maximum Gasteiger partial charge on any atom is 0.308 e. The Labute approximate surface area is 116 Å². The first kappa shape index (κ1) is 14.0. The molecule has 1 aliphatic rings. The monoisotopic (exact) mass is 282 g/mol. The van der Waals surface area contributed by atoms with Crippen LogP contribution in [0.3, 0.4) is 0 Å². The molecule has 2 N–H and O–H groups in total. The van der Waals surface area contributed by atoms with Gasteiger partial charge in [0.25, 0.3) is 5.91 Å². The van der Waals surface area contributed by atoms with Crippen molar-refractivity contribution >= 4 is 23.2 Å². The molecule has 1 saturated carbocycles. The summed E-state index contributed by atoms with van der Waals surface area (Å²) in [4.78, 5) is 27.9. The van der Waals surface area contributed by atoms with Crippen molar-refractivity contribution in [1.29, 1.82) is 0 Å². The summed E-state index contributed by atoms with van der Waals surface area (Å²) in [5, 5.41) is 13.0. The average Bonchev–Trinajstić information content (AvgIpc) is 2.65. The zero-order valence-electron chi connectivity index (χ0n) is 10.9. The second kappa shape index (κ2) is 6.14. The van der Waals surface area contributed by atoms with Crippen LogP contribution in [0.25, 0.3) is 0 Å². The van der Waals surface area contributed by atoms with Crippen molar-refractivity contribution in [2.24, 2.45) is 5.92 Å². The molecule has 0 radical (unpaired) electrons. The molecule has 1 aromatic heterocycles. The Hall–Kier alpha value is -1.43. The molecule has 1 heterocycles. The molecule has 104 valence electrons. The van der Waals surface area contributed by atoms with Crippen molar-refractivity contribution in [3.05, 3.63) is 16.1 Å². The third kappa shape index (κ3) is 3.53. The summed E-state index contributed by atoms with van der Waals surface area (Å²) in [6.07, 6.45) is 5.85. The molecular weight excluding hydrogens is 264 g/mol. The van der Waals surface area contributed by atoms with Crippen LogP contribution in [0.1, 0.15) is 46.8 Å². The predicted octanol–water partition coefficient (Wildman–Crippen LogP) is 2.21. The highest BCUT2D eigenvalue weighted by atomic mass is 32.1. The molecule has 6 heteroatoms. The van der Waals surface area contributed by atoms with Crippen molar-refractivity contribution in [3.63, 3.8) is 0 Å². The van der Waals surface area contributed by atoms with E-state index < -0.39 is 11.9 Å². The second-order valence-corrected chi connectivity index (χ2v) is 6.14. The molecule has 0 saturated heterocycles. The van der Waals surface area contributed by atoms with E-state index in [0.29, 0.717) is 11.3 Å². The molecule has 0 aliphatic heterocycles. The Morgan fingerprint density at radius 2 is 2.11 bits per heavy atom. The smallest absolute Gasteiger partial charge is 0.308 e. The number of hydrogen-bond donors (Lipinski definition) is 2. The Kier molecular flexibility index (Phi) is 4.52. The van der Waals surface area contributed by atoms with Gasteiger partial charge in [0.2, 0.25) is 0 Å². The quantitative estimate of drug-likeness (QED) is 0.833. The maximum atomic E-state index is 12.1. The van der Waals surface area contributed by atoms with Crippen LogP contribution in [0.4, 0.5) is 0 Å². The minimum Gasteiger partial charge on any atom is -0.481 e. The van der Waals surface area contributed by atoms with E-state index in [9.17, 15) is 14.7 Å². The van der Waals surface area contributed by atoms with Crippen LogP contribution in [-0.4, -0.2) is 28.0 Å². The zero-order chi connectivity index (χ0) is 13.8. The fourth-order valence-electron chi connectivity index (χ4n) is 2.48. The summed E-state index contributed by atoms with van der Waals surface area (Å²) in [7, 11) is 0. The van der Waals surface area contributed by atoms with Crippen molar-refractivity contribution in [2.45, 2.75) is 45.1 Å². The van der Waals surface area contributed by atoms with Gasteiger partial charge in [-0.25, -0.2) is 4.98 Å². The number of aryl methyl sites for hydroxylation is 1. The number of carbonyl (C=O) groups is 2.